The van der Waals surface area contributed by atoms with Gasteiger partial charge in [-0.15, -0.1) is 11.3 Å². The van der Waals surface area contributed by atoms with Crippen LogP contribution in [0.3, 0.4) is 0 Å². The van der Waals surface area contributed by atoms with Gasteiger partial charge in [-0.3, -0.25) is 4.79 Å². The van der Waals surface area contributed by atoms with Crippen molar-refractivity contribution in [3.05, 3.63) is 56.2 Å². The molecule has 0 bridgehead atoms. The maximum absolute atomic E-state index is 12.7. The number of thiophene rings is 1. The van der Waals surface area contributed by atoms with Crippen LogP contribution in [0.15, 0.2) is 40.2 Å². The van der Waals surface area contributed by atoms with Gasteiger partial charge in [-0.2, -0.15) is 0 Å². The Hall–Kier alpha value is -1.13. The summed E-state index contributed by atoms with van der Waals surface area (Å²) < 4.78 is 0.905. The van der Waals surface area contributed by atoms with E-state index in [4.69, 9.17) is 0 Å². The Morgan fingerprint density at radius 2 is 2.15 bits per heavy atom. The molecule has 0 aliphatic carbocycles. The summed E-state index contributed by atoms with van der Waals surface area (Å²) in [7, 11) is 0. The van der Waals surface area contributed by atoms with Crippen molar-refractivity contribution in [1.82, 2.24) is 4.90 Å². The molecule has 1 aliphatic heterocycles. The van der Waals surface area contributed by atoms with Crippen LogP contribution >= 0.6 is 27.3 Å². The quantitative estimate of drug-likeness (QED) is 0.762. The minimum atomic E-state index is 0.151. The highest BCUT2D eigenvalue weighted by Crippen LogP contribution is 2.36. The molecule has 0 saturated carbocycles. The Bertz CT molecular complexity index is 637. The van der Waals surface area contributed by atoms with Gasteiger partial charge in [0.05, 0.1) is 6.04 Å². The van der Waals surface area contributed by atoms with Gasteiger partial charge in [-0.05, 0) is 58.3 Å². The number of nitrogens with zero attached hydrogens (tertiary/aromatic N) is 1. The van der Waals surface area contributed by atoms with Crippen molar-refractivity contribution in [3.63, 3.8) is 0 Å². The van der Waals surface area contributed by atoms with Crippen molar-refractivity contribution in [2.75, 3.05) is 6.54 Å². The van der Waals surface area contributed by atoms with Gasteiger partial charge in [-0.1, -0.05) is 24.3 Å². The van der Waals surface area contributed by atoms with Gasteiger partial charge < -0.3 is 4.90 Å². The number of carbonyl (C=O) groups is 1. The molecule has 2 heterocycles. The molecule has 1 aliphatic rings. The predicted molar refractivity (Wildman–Crippen MR) is 86.2 cm³/mol. The molecule has 0 N–H and O–H groups in total. The maximum Gasteiger partial charge on any atom is 0.265 e. The third-order valence-corrected chi connectivity index (χ3v) is 5.70. The Morgan fingerprint density at radius 3 is 2.85 bits per heavy atom. The molecule has 104 valence electrons. The second kappa shape index (κ2) is 5.70. The second-order valence-corrected chi connectivity index (χ2v) is 6.88. The summed E-state index contributed by atoms with van der Waals surface area (Å²) in [6.45, 7) is 2.97. The Labute approximate surface area is 131 Å². The molecule has 20 heavy (non-hydrogen) atoms. The molecule has 0 radical (unpaired) electrons. The Kier molecular flexibility index (Phi) is 3.94. The molecular weight excluding hydrogens is 334 g/mol. The summed E-state index contributed by atoms with van der Waals surface area (Å²) in [6.07, 6.45) is 2.13. The van der Waals surface area contributed by atoms with E-state index in [1.165, 1.54) is 22.5 Å². The van der Waals surface area contributed by atoms with Crippen molar-refractivity contribution >= 4 is 33.2 Å². The molecule has 3 rings (SSSR count). The fourth-order valence-corrected chi connectivity index (χ4v) is 4.37. The third-order valence-electron chi connectivity index (χ3n) is 3.87. The van der Waals surface area contributed by atoms with Crippen LogP contribution in [0.25, 0.3) is 0 Å². The average Bonchev–Trinajstić information content (AvgIpc) is 3.07. The van der Waals surface area contributed by atoms with Crippen molar-refractivity contribution in [3.8, 4) is 0 Å². The van der Waals surface area contributed by atoms with Gasteiger partial charge >= 0.3 is 0 Å². The van der Waals surface area contributed by atoms with Crippen molar-refractivity contribution in [2.24, 2.45) is 0 Å². The number of likely N-dealkylation sites (tertiary alicyclic amines) is 1. The van der Waals surface area contributed by atoms with Gasteiger partial charge in [0.25, 0.3) is 5.91 Å². The normalized spacial score (nSPS) is 18.5. The topological polar surface area (TPSA) is 20.3 Å². The Morgan fingerprint density at radius 1 is 1.35 bits per heavy atom. The first-order valence-corrected chi connectivity index (χ1v) is 8.45. The van der Waals surface area contributed by atoms with E-state index < -0.39 is 0 Å². The van der Waals surface area contributed by atoms with Gasteiger partial charge in [-0.25, -0.2) is 0 Å². The third kappa shape index (κ3) is 2.42. The van der Waals surface area contributed by atoms with E-state index >= 15 is 0 Å². The molecule has 1 aromatic heterocycles. The lowest BCUT2D eigenvalue weighted by Gasteiger charge is -2.26. The first-order valence-electron chi connectivity index (χ1n) is 6.78. The summed E-state index contributed by atoms with van der Waals surface area (Å²) in [4.78, 5) is 15.6. The fraction of sp³-hybridized carbons (Fsp3) is 0.312. The molecule has 1 atom stereocenters. The highest BCUT2D eigenvalue weighted by Gasteiger charge is 2.32. The predicted octanol–water partition coefficient (Wildman–Crippen LogP) is 4.80. The van der Waals surface area contributed by atoms with Crippen LogP contribution in [0.2, 0.25) is 0 Å². The lowest BCUT2D eigenvalue weighted by molar-refractivity contribution is 0.0739. The first-order chi connectivity index (χ1) is 9.68. The van der Waals surface area contributed by atoms with Crippen LogP contribution in [0.1, 0.15) is 39.7 Å². The van der Waals surface area contributed by atoms with Crippen LogP contribution in [0, 0.1) is 6.92 Å². The highest BCUT2D eigenvalue weighted by atomic mass is 79.9. The van der Waals surface area contributed by atoms with E-state index in [9.17, 15) is 4.79 Å². The van der Waals surface area contributed by atoms with Crippen molar-refractivity contribution < 1.29 is 4.79 Å². The number of rotatable bonds is 2. The molecule has 2 aromatic rings. The van der Waals surface area contributed by atoms with Gasteiger partial charge in [0, 0.05) is 11.0 Å². The molecule has 0 spiro atoms. The number of hydrogen-bond donors (Lipinski definition) is 0. The number of aryl methyl sites for hydroxylation is 1. The largest absolute Gasteiger partial charge is 0.331 e. The average molecular weight is 350 g/mol. The van der Waals surface area contributed by atoms with Crippen LogP contribution in [-0.4, -0.2) is 17.4 Å². The van der Waals surface area contributed by atoms with E-state index in [1.54, 1.807) is 0 Å². The summed E-state index contributed by atoms with van der Waals surface area (Å²) in [5.74, 6) is 0.151. The van der Waals surface area contributed by atoms with Crippen LogP contribution in [0.5, 0.6) is 0 Å². The minimum absolute atomic E-state index is 0.151. The number of benzene rings is 1. The number of hydrogen-bond acceptors (Lipinski definition) is 2. The molecular formula is C16H16BrNOS. The number of carbonyl (C=O) groups excluding carboxylic acids is 1. The number of halogens is 1. The zero-order valence-corrected chi connectivity index (χ0v) is 13.7. The standard InChI is InChI=1S/C16H16BrNOS/c1-11-5-2-3-6-12(11)14-7-4-9-18(14)16(19)15-13(17)8-10-20-15/h2-3,5-6,8,10,14H,4,7,9H2,1H3. The molecule has 1 aromatic carbocycles. The van der Waals surface area contributed by atoms with E-state index in [-0.39, 0.29) is 11.9 Å². The monoisotopic (exact) mass is 349 g/mol. The van der Waals surface area contributed by atoms with E-state index in [0.717, 1.165) is 28.7 Å². The lowest BCUT2D eigenvalue weighted by Crippen LogP contribution is -2.30. The summed E-state index contributed by atoms with van der Waals surface area (Å²) >= 11 is 4.98. The minimum Gasteiger partial charge on any atom is -0.331 e. The molecule has 2 nitrogen and oxygen atoms in total. The van der Waals surface area contributed by atoms with Gasteiger partial charge in [0.2, 0.25) is 0 Å². The van der Waals surface area contributed by atoms with E-state index in [2.05, 4.69) is 47.1 Å². The Balaban J connectivity index is 1.92. The highest BCUT2D eigenvalue weighted by molar-refractivity contribution is 9.10. The smallest absolute Gasteiger partial charge is 0.265 e. The van der Waals surface area contributed by atoms with Crippen molar-refractivity contribution in [1.29, 1.82) is 0 Å². The first kappa shape index (κ1) is 13.8. The lowest BCUT2D eigenvalue weighted by atomic mass is 9.99. The van der Waals surface area contributed by atoms with Gasteiger partial charge in [0.15, 0.2) is 0 Å². The molecule has 1 saturated heterocycles. The number of amides is 1. The molecule has 4 heteroatoms. The van der Waals surface area contributed by atoms with E-state index in [1.807, 2.05) is 16.3 Å². The summed E-state index contributed by atoms with van der Waals surface area (Å²) in [6, 6.07) is 10.5. The van der Waals surface area contributed by atoms with Gasteiger partial charge in [0.1, 0.15) is 4.88 Å². The van der Waals surface area contributed by atoms with Crippen LogP contribution in [-0.2, 0) is 0 Å². The van der Waals surface area contributed by atoms with Crippen molar-refractivity contribution in [2.45, 2.75) is 25.8 Å². The zero-order valence-electron chi connectivity index (χ0n) is 11.3. The molecule has 1 unspecified atom stereocenters. The molecule has 1 fully saturated rings. The zero-order chi connectivity index (χ0) is 14.1. The summed E-state index contributed by atoms with van der Waals surface area (Å²) in [5, 5.41) is 1.95. The molecule has 1 amide bonds. The van der Waals surface area contributed by atoms with E-state index in [0.29, 0.717) is 0 Å². The SMILES string of the molecule is Cc1ccccc1C1CCCN1C(=O)c1sccc1Br. The second-order valence-electron chi connectivity index (χ2n) is 5.11. The van der Waals surface area contributed by atoms with Crippen LogP contribution in [0.4, 0.5) is 0 Å². The maximum atomic E-state index is 12.7. The fourth-order valence-electron chi connectivity index (χ4n) is 2.87. The van der Waals surface area contributed by atoms with Crippen LogP contribution < -0.4 is 0 Å². The summed E-state index contributed by atoms with van der Waals surface area (Å²) in [5.41, 5.74) is 2.55.